The second-order valence-corrected chi connectivity index (χ2v) is 7.01. The highest BCUT2D eigenvalue weighted by Gasteiger charge is 2.43. The molecule has 23 heavy (non-hydrogen) atoms. The summed E-state index contributed by atoms with van der Waals surface area (Å²) >= 11 is 0. The van der Waals surface area contributed by atoms with E-state index in [-0.39, 0.29) is 11.6 Å². The fourth-order valence-corrected chi connectivity index (χ4v) is 4.00. The Morgan fingerprint density at radius 3 is 2.70 bits per heavy atom. The number of nitrogens with one attached hydrogen (secondary N) is 1. The molecule has 3 rings (SSSR count). The maximum atomic E-state index is 12.0. The van der Waals surface area contributed by atoms with Crippen molar-refractivity contribution >= 4 is 11.9 Å². The van der Waals surface area contributed by atoms with Crippen molar-refractivity contribution in [2.45, 2.75) is 69.8 Å². The number of carbonyl (C=O) groups is 2. The van der Waals surface area contributed by atoms with Crippen LogP contribution in [-0.2, 0) is 14.3 Å². The van der Waals surface area contributed by atoms with Gasteiger partial charge in [-0.1, -0.05) is 12.8 Å². The molecule has 0 aromatic heterocycles. The molecule has 128 valence electrons. The molecule has 5 nitrogen and oxygen atoms in total. The third-order valence-electron chi connectivity index (χ3n) is 5.30. The van der Waals surface area contributed by atoms with Crippen molar-refractivity contribution in [3.05, 3.63) is 11.8 Å². The van der Waals surface area contributed by atoms with E-state index in [0.717, 1.165) is 76.7 Å². The van der Waals surface area contributed by atoms with Gasteiger partial charge in [0.15, 0.2) is 5.60 Å². The Hall–Kier alpha value is -1.52. The van der Waals surface area contributed by atoms with Gasteiger partial charge in [-0.2, -0.15) is 0 Å². The van der Waals surface area contributed by atoms with E-state index in [0.29, 0.717) is 12.3 Å². The molecule has 0 unspecified atom stereocenters. The lowest BCUT2D eigenvalue weighted by atomic mass is 9.83. The Morgan fingerprint density at radius 1 is 1.09 bits per heavy atom. The van der Waals surface area contributed by atoms with Gasteiger partial charge < -0.3 is 15.0 Å². The normalized spacial score (nSPS) is 24.3. The molecule has 2 heterocycles. The number of hydrogen-bond acceptors (Lipinski definition) is 4. The van der Waals surface area contributed by atoms with Crippen LogP contribution in [0.4, 0.5) is 0 Å². The molecular formula is C18H28N2O3. The first-order chi connectivity index (χ1) is 11.2. The minimum atomic E-state index is -0.381. The molecule has 0 bridgehead atoms. The molecule has 1 saturated carbocycles. The lowest BCUT2D eigenvalue weighted by Crippen LogP contribution is -2.40. The van der Waals surface area contributed by atoms with Gasteiger partial charge in [0.25, 0.3) is 0 Å². The Kier molecular flexibility index (Phi) is 5.23. The predicted molar refractivity (Wildman–Crippen MR) is 87.7 cm³/mol. The van der Waals surface area contributed by atoms with Gasteiger partial charge in [-0.3, -0.25) is 4.79 Å². The van der Waals surface area contributed by atoms with Gasteiger partial charge in [-0.25, -0.2) is 4.79 Å². The summed E-state index contributed by atoms with van der Waals surface area (Å²) in [6.45, 7) is 2.49. The first kappa shape index (κ1) is 16.3. The fraction of sp³-hybridized carbons (Fsp3) is 0.778. The summed E-state index contributed by atoms with van der Waals surface area (Å²) in [6.07, 6.45) is 11.9. The van der Waals surface area contributed by atoms with Crippen LogP contribution in [0.1, 0.15) is 64.2 Å². The zero-order valence-corrected chi connectivity index (χ0v) is 13.9. The van der Waals surface area contributed by atoms with E-state index in [1.54, 1.807) is 6.08 Å². The number of likely N-dealkylation sites (tertiary alicyclic amines) is 1. The lowest BCUT2D eigenvalue weighted by Gasteiger charge is -2.35. The monoisotopic (exact) mass is 320 g/mol. The van der Waals surface area contributed by atoms with E-state index < -0.39 is 0 Å². The summed E-state index contributed by atoms with van der Waals surface area (Å²) < 4.78 is 5.62. The van der Waals surface area contributed by atoms with Crippen LogP contribution in [0.5, 0.6) is 0 Å². The third-order valence-corrected chi connectivity index (χ3v) is 5.30. The number of carbonyl (C=O) groups excluding carboxylic acids is 2. The van der Waals surface area contributed by atoms with E-state index in [1.165, 1.54) is 6.42 Å². The fourth-order valence-electron chi connectivity index (χ4n) is 4.00. The van der Waals surface area contributed by atoms with E-state index in [9.17, 15) is 9.59 Å². The molecule has 1 saturated heterocycles. The van der Waals surface area contributed by atoms with Crippen LogP contribution >= 0.6 is 0 Å². The number of rotatable bonds is 5. The van der Waals surface area contributed by atoms with Gasteiger partial charge in [-0.15, -0.1) is 0 Å². The van der Waals surface area contributed by atoms with E-state index in [2.05, 4.69) is 5.32 Å². The van der Waals surface area contributed by atoms with Gasteiger partial charge in [0.2, 0.25) is 5.91 Å². The van der Waals surface area contributed by atoms with Crippen LogP contribution in [0.15, 0.2) is 11.8 Å². The summed E-state index contributed by atoms with van der Waals surface area (Å²) in [6, 6.07) is 0. The molecule has 3 aliphatic rings. The quantitative estimate of drug-likeness (QED) is 0.625. The zero-order chi connectivity index (χ0) is 16.1. The minimum absolute atomic E-state index is 0.211. The number of ether oxygens (including phenoxy) is 1. The molecule has 0 aromatic carbocycles. The first-order valence-electron chi connectivity index (χ1n) is 9.16. The smallest absolute Gasteiger partial charge is 0.333 e. The number of amides is 1. The van der Waals surface area contributed by atoms with Crippen molar-refractivity contribution in [2.75, 3.05) is 19.6 Å². The van der Waals surface area contributed by atoms with Crippen molar-refractivity contribution in [1.29, 1.82) is 0 Å². The van der Waals surface area contributed by atoms with E-state index >= 15 is 0 Å². The second-order valence-electron chi connectivity index (χ2n) is 7.01. The van der Waals surface area contributed by atoms with Gasteiger partial charge in [0, 0.05) is 32.1 Å². The van der Waals surface area contributed by atoms with Crippen molar-refractivity contribution in [3.8, 4) is 0 Å². The highest BCUT2D eigenvalue weighted by atomic mass is 16.6. The van der Waals surface area contributed by atoms with Crippen LogP contribution in [0.25, 0.3) is 0 Å². The minimum Gasteiger partial charge on any atom is -0.449 e. The molecule has 2 aliphatic heterocycles. The van der Waals surface area contributed by atoms with Crippen LogP contribution in [0, 0.1) is 0 Å². The Balaban J connectivity index is 1.47. The topological polar surface area (TPSA) is 58.6 Å². The summed E-state index contributed by atoms with van der Waals surface area (Å²) in [5, 5.41) is 3.42. The molecule has 0 atom stereocenters. The Bertz CT molecular complexity index is 481. The molecule has 2 fully saturated rings. The lowest BCUT2D eigenvalue weighted by molar-refractivity contribution is -0.148. The van der Waals surface area contributed by atoms with Crippen LogP contribution < -0.4 is 5.32 Å². The largest absolute Gasteiger partial charge is 0.449 e. The SMILES string of the molecule is O=C1C=C(NCCCN2CCCCCC2=O)C2(CCCCC2)O1. The molecule has 1 amide bonds. The molecule has 1 N–H and O–H groups in total. The van der Waals surface area contributed by atoms with Crippen molar-refractivity contribution in [3.63, 3.8) is 0 Å². The molecular weight excluding hydrogens is 292 g/mol. The van der Waals surface area contributed by atoms with Gasteiger partial charge in [-0.05, 0) is 44.9 Å². The van der Waals surface area contributed by atoms with Gasteiger partial charge in [0.05, 0.1) is 5.70 Å². The average molecular weight is 320 g/mol. The van der Waals surface area contributed by atoms with Crippen LogP contribution in [0.3, 0.4) is 0 Å². The van der Waals surface area contributed by atoms with Crippen LogP contribution in [-0.4, -0.2) is 42.0 Å². The third kappa shape index (κ3) is 3.88. The predicted octanol–water partition coefficient (Wildman–Crippen LogP) is 2.51. The van der Waals surface area contributed by atoms with Crippen molar-refractivity contribution in [2.24, 2.45) is 0 Å². The molecule has 5 heteroatoms. The Morgan fingerprint density at radius 2 is 1.87 bits per heavy atom. The Labute approximate surface area is 138 Å². The standard InChI is InChI=1S/C18H28N2O3/c21-16-8-3-1-6-12-20(16)13-7-11-19-15-14-17(22)23-18(15)9-4-2-5-10-18/h14,19H,1-13H2. The summed E-state index contributed by atoms with van der Waals surface area (Å²) in [4.78, 5) is 25.7. The highest BCUT2D eigenvalue weighted by Crippen LogP contribution is 2.39. The summed E-state index contributed by atoms with van der Waals surface area (Å²) in [5.41, 5.74) is 0.581. The average Bonchev–Trinajstić information content (AvgIpc) is 2.70. The molecule has 1 aliphatic carbocycles. The summed E-state index contributed by atoms with van der Waals surface area (Å²) in [7, 11) is 0. The van der Waals surface area contributed by atoms with Crippen LogP contribution in [0.2, 0.25) is 0 Å². The van der Waals surface area contributed by atoms with Gasteiger partial charge in [0.1, 0.15) is 0 Å². The molecule has 0 radical (unpaired) electrons. The molecule has 0 aromatic rings. The maximum Gasteiger partial charge on any atom is 0.333 e. The maximum absolute atomic E-state index is 12.0. The number of esters is 1. The first-order valence-corrected chi connectivity index (χ1v) is 9.16. The number of nitrogens with zero attached hydrogens (tertiary/aromatic N) is 1. The summed E-state index contributed by atoms with van der Waals surface area (Å²) in [5.74, 6) is 0.0851. The second kappa shape index (κ2) is 7.37. The van der Waals surface area contributed by atoms with E-state index in [4.69, 9.17) is 4.74 Å². The highest BCUT2D eigenvalue weighted by molar-refractivity contribution is 5.86. The van der Waals surface area contributed by atoms with E-state index in [1.807, 2.05) is 4.90 Å². The zero-order valence-electron chi connectivity index (χ0n) is 13.9. The van der Waals surface area contributed by atoms with Gasteiger partial charge >= 0.3 is 5.97 Å². The van der Waals surface area contributed by atoms with Crippen molar-refractivity contribution in [1.82, 2.24) is 10.2 Å². The van der Waals surface area contributed by atoms with Crippen molar-refractivity contribution < 1.29 is 14.3 Å². The number of hydrogen-bond donors (Lipinski definition) is 1. The molecule has 1 spiro atoms.